The van der Waals surface area contributed by atoms with Gasteiger partial charge in [-0.15, -0.1) is 0 Å². The molecule has 4 heterocycles. The molecule has 0 saturated carbocycles. The first-order chi connectivity index (χ1) is 16.8. The number of ether oxygens (including phenoxy) is 2. The van der Waals surface area contributed by atoms with Crippen LogP contribution >= 0.6 is 11.8 Å². The van der Waals surface area contributed by atoms with Crippen LogP contribution in [0.1, 0.15) is 20.8 Å². The van der Waals surface area contributed by atoms with Gasteiger partial charge in [0.2, 0.25) is 0 Å². The summed E-state index contributed by atoms with van der Waals surface area (Å²) in [5, 5.41) is 1.32. The van der Waals surface area contributed by atoms with Gasteiger partial charge in [-0.25, -0.2) is 29.4 Å². The van der Waals surface area contributed by atoms with Crippen LogP contribution in [-0.4, -0.2) is 53.6 Å². The van der Waals surface area contributed by atoms with Gasteiger partial charge in [0, 0.05) is 12.4 Å². The summed E-state index contributed by atoms with van der Waals surface area (Å²) in [7, 11) is 0. The van der Waals surface area contributed by atoms with Gasteiger partial charge in [0.05, 0.1) is 10.9 Å². The molecule has 0 atom stereocenters. The van der Waals surface area contributed by atoms with Gasteiger partial charge in [-0.3, -0.25) is 4.79 Å². The number of aromatic nitrogens is 6. The molecule has 0 bridgehead atoms. The predicted octanol–water partition coefficient (Wildman–Crippen LogP) is 3.42. The maximum atomic E-state index is 13.7. The lowest BCUT2D eigenvalue weighted by atomic mass is 10.2. The van der Waals surface area contributed by atoms with Crippen LogP contribution in [0.3, 0.4) is 0 Å². The van der Waals surface area contributed by atoms with Crippen LogP contribution in [0.15, 0.2) is 58.7 Å². The van der Waals surface area contributed by atoms with Crippen molar-refractivity contribution in [3.63, 3.8) is 0 Å². The van der Waals surface area contributed by atoms with Crippen LogP contribution in [0.4, 0.5) is 0 Å². The number of benzene rings is 1. The Morgan fingerprint density at radius 3 is 2.63 bits per heavy atom. The fourth-order valence-corrected chi connectivity index (χ4v) is 4.09. The Morgan fingerprint density at radius 2 is 1.91 bits per heavy atom. The molecule has 178 valence electrons. The van der Waals surface area contributed by atoms with Crippen LogP contribution in [0.25, 0.3) is 33.4 Å². The van der Waals surface area contributed by atoms with Crippen LogP contribution in [-0.2, 0) is 9.53 Å². The largest absolute Gasteiger partial charge is 0.481 e. The van der Waals surface area contributed by atoms with Crippen molar-refractivity contribution in [2.24, 2.45) is 0 Å². The maximum absolute atomic E-state index is 13.7. The molecule has 1 aromatic carbocycles. The molecule has 0 fully saturated rings. The Hall–Kier alpha value is -3.99. The first-order valence-corrected chi connectivity index (χ1v) is 12.0. The van der Waals surface area contributed by atoms with E-state index in [4.69, 9.17) is 14.5 Å². The number of carbonyl (C=O) groups is 1. The summed E-state index contributed by atoms with van der Waals surface area (Å²) in [5.74, 6) is 0.392. The molecule has 10 nitrogen and oxygen atoms in total. The van der Waals surface area contributed by atoms with Crippen molar-refractivity contribution in [2.45, 2.75) is 31.5 Å². The Balaban J connectivity index is 1.79. The van der Waals surface area contributed by atoms with Crippen LogP contribution < -0.4 is 10.3 Å². The van der Waals surface area contributed by atoms with E-state index in [0.29, 0.717) is 33.3 Å². The molecule has 0 spiro atoms. The first-order valence-electron chi connectivity index (χ1n) is 10.8. The molecule has 0 unspecified atom stereocenters. The highest BCUT2D eigenvalue weighted by Gasteiger charge is 2.23. The van der Waals surface area contributed by atoms with E-state index in [1.54, 1.807) is 55.9 Å². The lowest BCUT2D eigenvalue weighted by Crippen LogP contribution is -2.27. The van der Waals surface area contributed by atoms with Gasteiger partial charge in [0.25, 0.3) is 5.56 Å². The zero-order valence-electron chi connectivity index (χ0n) is 19.6. The van der Waals surface area contributed by atoms with Crippen molar-refractivity contribution in [1.82, 2.24) is 29.1 Å². The quantitative estimate of drug-likeness (QED) is 0.208. The van der Waals surface area contributed by atoms with E-state index in [9.17, 15) is 9.59 Å². The number of carbonyl (C=O) groups excluding carboxylic acids is 1. The fraction of sp³-hybridized carbons (Fsp3) is 0.250. The van der Waals surface area contributed by atoms with E-state index < -0.39 is 11.6 Å². The first kappa shape index (κ1) is 22.8. The molecule has 0 aliphatic carbocycles. The van der Waals surface area contributed by atoms with Crippen molar-refractivity contribution in [1.29, 1.82) is 0 Å². The molecule has 4 aromatic heterocycles. The third-order valence-electron chi connectivity index (χ3n) is 5.05. The Bertz CT molecular complexity index is 1640. The minimum Gasteiger partial charge on any atom is -0.481 e. The number of esters is 1. The number of hydrogen-bond acceptors (Lipinski definition) is 9. The normalized spacial score (nSPS) is 11.9. The van der Waals surface area contributed by atoms with Gasteiger partial charge in [-0.05, 0) is 51.3 Å². The average molecular weight is 491 g/mol. The van der Waals surface area contributed by atoms with Gasteiger partial charge >= 0.3 is 5.97 Å². The lowest BCUT2D eigenvalue weighted by molar-refractivity contribution is -0.157. The Labute approximate surface area is 203 Å². The van der Waals surface area contributed by atoms with Crippen LogP contribution in [0, 0.1) is 0 Å². The number of fused-ring (bicyclic) bond motifs is 4. The fourth-order valence-electron chi connectivity index (χ4n) is 3.76. The maximum Gasteiger partial charge on any atom is 0.344 e. The molecule has 35 heavy (non-hydrogen) atoms. The summed E-state index contributed by atoms with van der Waals surface area (Å²) in [4.78, 5) is 43.8. The molecule has 5 rings (SSSR count). The van der Waals surface area contributed by atoms with Crippen molar-refractivity contribution >= 4 is 45.3 Å². The van der Waals surface area contributed by atoms with Gasteiger partial charge in [-0.2, -0.15) is 4.52 Å². The van der Waals surface area contributed by atoms with Crippen molar-refractivity contribution in [2.75, 3.05) is 12.9 Å². The molecule has 0 amide bonds. The topological polar surface area (TPSA) is 114 Å². The van der Waals surface area contributed by atoms with E-state index in [0.717, 1.165) is 0 Å². The van der Waals surface area contributed by atoms with E-state index in [2.05, 4.69) is 15.0 Å². The third-order valence-corrected chi connectivity index (χ3v) is 5.61. The zero-order valence-corrected chi connectivity index (χ0v) is 20.4. The van der Waals surface area contributed by atoms with Crippen LogP contribution in [0.2, 0.25) is 0 Å². The molecule has 5 aromatic rings. The number of nitrogens with zero attached hydrogens (tertiary/aromatic N) is 6. The van der Waals surface area contributed by atoms with E-state index in [1.165, 1.54) is 22.5 Å². The highest BCUT2D eigenvalue weighted by Crippen LogP contribution is 2.32. The van der Waals surface area contributed by atoms with Crippen LogP contribution in [0.5, 0.6) is 5.75 Å². The summed E-state index contributed by atoms with van der Waals surface area (Å²) >= 11 is 1.36. The predicted molar refractivity (Wildman–Crippen MR) is 132 cm³/mol. The molecule has 11 heteroatoms. The molecule has 0 aliphatic rings. The summed E-state index contributed by atoms with van der Waals surface area (Å²) in [6, 6.07) is 10.7. The Kier molecular flexibility index (Phi) is 5.64. The molecular formula is C24H22N6O4S. The summed E-state index contributed by atoms with van der Waals surface area (Å²) in [6.07, 6.45) is 4.97. The monoisotopic (exact) mass is 490 g/mol. The van der Waals surface area contributed by atoms with Crippen molar-refractivity contribution in [3.8, 4) is 11.6 Å². The summed E-state index contributed by atoms with van der Waals surface area (Å²) in [6.45, 7) is 5.07. The summed E-state index contributed by atoms with van der Waals surface area (Å²) < 4.78 is 14.3. The van der Waals surface area contributed by atoms with E-state index in [-0.39, 0.29) is 23.2 Å². The minimum atomic E-state index is -0.635. The van der Waals surface area contributed by atoms with E-state index >= 15 is 0 Å². The van der Waals surface area contributed by atoms with Crippen molar-refractivity contribution in [3.05, 3.63) is 59.1 Å². The second kappa shape index (κ2) is 8.66. The Morgan fingerprint density at radius 1 is 1.09 bits per heavy atom. The molecule has 0 radical (unpaired) electrons. The SMILES string of the molecule is CSc1ncc2c(=O)n3c(nc2n1)c1c(OCC(=O)OC(C)(C)C)cccc1n3-c1ccccn1. The van der Waals surface area contributed by atoms with Gasteiger partial charge < -0.3 is 9.47 Å². The average Bonchev–Trinajstić information content (AvgIpc) is 3.17. The molecule has 0 N–H and O–H groups in total. The third kappa shape index (κ3) is 4.18. The molecular weight excluding hydrogens is 468 g/mol. The van der Waals surface area contributed by atoms with E-state index in [1.807, 2.05) is 18.4 Å². The second-order valence-corrected chi connectivity index (χ2v) is 9.44. The number of thioether (sulfide) groups is 1. The summed E-state index contributed by atoms with van der Waals surface area (Å²) in [5.41, 5.74) is 0.246. The van der Waals surface area contributed by atoms with Crippen molar-refractivity contribution < 1.29 is 14.3 Å². The number of rotatable bonds is 5. The zero-order chi connectivity index (χ0) is 24.7. The van der Waals surface area contributed by atoms with Gasteiger partial charge in [-0.1, -0.05) is 23.9 Å². The molecule has 0 aliphatic heterocycles. The lowest BCUT2D eigenvalue weighted by Gasteiger charge is -2.19. The smallest absolute Gasteiger partial charge is 0.344 e. The number of hydrogen-bond donors (Lipinski definition) is 0. The second-order valence-electron chi connectivity index (χ2n) is 8.67. The standard InChI is InChI=1S/C24H22N6O4S/c1-24(2,3)34-18(31)13-33-16-9-7-8-15-19(16)21-27-20-14(12-26-23(28-20)35-4)22(32)30(21)29(15)17-10-5-6-11-25-17/h5-12H,13H2,1-4H3. The minimum absolute atomic E-state index is 0.274. The highest BCUT2D eigenvalue weighted by atomic mass is 32.2. The molecule has 0 saturated heterocycles. The highest BCUT2D eigenvalue weighted by molar-refractivity contribution is 7.98. The number of pyridine rings is 1. The van der Waals surface area contributed by atoms with Gasteiger partial charge in [0.1, 0.15) is 16.7 Å². The van der Waals surface area contributed by atoms with Gasteiger partial charge in [0.15, 0.2) is 28.9 Å².